The number of aromatic hydroxyl groups is 1. The number of carbonyl (C=O) groups excluding carboxylic acids is 1. The smallest absolute Gasteiger partial charge is 0.240 e. The molecule has 0 spiro atoms. The zero-order chi connectivity index (χ0) is 14.7. The normalized spacial score (nSPS) is 23.9. The SMILES string of the molecule is CCC1CCC(C)N1C(=O)[C@@H](N)Cc1ccc(O)cc1. The molecule has 1 heterocycles. The van der Waals surface area contributed by atoms with Crippen molar-refractivity contribution in [3.63, 3.8) is 0 Å². The minimum atomic E-state index is -0.505. The van der Waals surface area contributed by atoms with Gasteiger partial charge in [0, 0.05) is 12.1 Å². The number of likely N-dealkylation sites (tertiary alicyclic amines) is 1. The summed E-state index contributed by atoms with van der Waals surface area (Å²) in [6.07, 6.45) is 3.65. The average Bonchev–Trinajstić information content (AvgIpc) is 2.81. The zero-order valence-corrected chi connectivity index (χ0v) is 12.2. The molecule has 4 nitrogen and oxygen atoms in total. The molecule has 3 atom stereocenters. The van der Waals surface area contributed by atoms with Crippen LogP contribution in [0, 0.1) is 0 Å². The molecule has 20 heavy (non-hydrogen) atoms. The van der Waals surface area contributed by atoms with E-state index in [1.54, 1.807) is 12.1 Å². The summed E-state index contributed by atoms with van der Waals surface area (Å²) in [5, 5.41) is 9.27. The van der Waals surface area contributed by atoms with Gasteiger partial charge in [-0.15, -0.1) is 0 Å². The largest absolute Gasteiger partial charge is 0.508 e. The van der Waals surface area contributed by atoms with E-state index < -0.39 is 6.04 Å². The van der Waals surface area contributed by atoms with E-state index in [0.717, 1.165) is 24.8 Å². The van der Waals surface area contributed by atoms with Crippen LogP contribution in [0.4, 0.5) is 0 Å². The highest BCUT2D eigenvalue weighted by Crippen LogP contribution is 2.26. The van der Waals surface area contributed by atoms with E-state index in [1.165, 1.54) is 0 Å². The summed E-state index contributed by atoms with van der Waals surface area (Å²) >= 11 is 0. The van der Waals surface area contributed by atoms with Crippen molar-refractivity contribution in [3.05, 3.63) is 29.8 Å². The topological polar surface area (TPSA) is 66.6 Å². The summed E-state index contributed by atoms with van der Waals surface area (Å²) in [5.41, 5.74) is 7.07. The molecule has 1 saturated heterocycles. The third-order valence-corrected chi connectivity index (χ3v) is 4.22. The first-order valence-corrected chi connectivity index (χ1v) is 7.38. The molecule has 3 N–H and O–H groups in total. The second-order valence-corrected chi connectivity index (χ2v) is 5.71. The van der Waals surface area contributed by atoms with E-state index in [2.05, 4.69) is 13.8 Å². The lowest BCUT2D eigenvalue weighted by Gasteiger charge is -2.30. The predicted molar refractivity (Wildman–Crippen MR) is 79.4 cm³/mol. The minimum absolute atomic E-state index is 0.0509. The van der Waals surface area contributed by atoms with Crippen LogP contribution >= 0.6 is 0 Å². The molecule has 0 aliphatic carbocycles. The highest BCUT2D eigenvalue weighted by molar-refractivity contribution is 5.82. The summed E-state index contributed by atoms with van der Waals surface area (Å²) in [4.78, 5) is 14.5. The van der Waals surface area contributed by atoms with Gasteiger partial charge in [-0.05, 0) is 50.3 Å². The predicted octanol–water partition coefficient (Wildman–Crippen LogP) is 2.05. The van der Waals surface area contributed by atoms with Crippen LogP contribution < -0.4 is 5.73 Å². The van der Waals surface area contributed by atoms with Crippen LogP contribution in [0.3, 0.4) is 0 Å². The lowest BCUT2D eigenvalue weighted by atomic mass is 10.0. The molecule has 0 bridgehead atoms. The minimum Gasteiger partial charge on any atom is -0.508 e. The van der Waals surface area contributed by atoms with E-state index in [4.69, 9.17) is 5.73 Å². The second kappa shape index (κ2) is 6.27. The second-order valence-electron chi connectivity index (χ2n) is 5.71. The standard InChI is InChI=1S/C16H24N2O2/c1-3-13-7-4-11(2)18(13)16(20)15(17)10-12-5-8-14(19)9-6-12/h5-6,8-9,11,13,15,19H,3-4,7,10,17H2,1-2H3/t11?,13?,15-/m0/s1. The van der Waals surface area contributed by atoms with Crippen LogP contribution in [0.5, 0.6) is 5.75 Å². The first-order chi connectivity index (χ1) is 9.52. The van der Waals surface area contributed by atoms with Crippen molar-refractivity contribution in [2.24, 2.45) is 5.73 Å². The van der Waals surface area contributed by atoms with Crippen molar-refractivity contribution >= 4 is 5.91 Å². The van der Waals surface area contributed by atoms with Crippen molar-refractivity contribution in [2.75, 3.05) is 0 Å². The van der Waals surface area contributed by atoms with Crippen molar-refractivity contribution in [3.8, 4) is 5.75 Å². The van der Waals surface area contributed by atoms with Gasteiger partial charge >= 0.3 is 0 Å². The lowest BCUT2D eigenvalue weighted by Crippen LogP contribution is -2.49. The quantitative estimate of drug-likeness (QED) is 0.884. The van der Waals surface area contributed by atoms with Crippen LogP contribution in [0.15, 0.2) is 24.3 Å². The fourth-order valence-corrected chi connectivity index (χ4v) is 3.03. The Morgan fingerprint density at radius 3 is 2.65 bits per heavy atom. The number of benzene rings is 1. The third kappa shape index (κ3) is 3.12. The molecular formula is C16H24N2O2. The average molecular weight is 276 g/mol. The van der Waals surface area contributed by atoms with Gasteiger partial charge in [-0.25, -0.2) is 0 Å². The Labute approximate surface area is 120 Å². The number of nitrogens with two attached hydrogens (primary N) is 1. The lowest BCUT2D eigenvalue weighted by molar-refractivity contribution is -0.135. The molecule has 0 aromatic heterocycles. The van der Waals surface area contributed by atoms with Gasteiger partial charge in [0.25, 0.3) is 0 Å². The van der Waals surface area contributed by atoms with Crippen LogP contribution in [0.1, 0.15) is 38.7 Å². The molecule has 2 rings (SSSR count). The Hall–Kier alpha value is -1.55. The summed E-state index contributed by atoms with van der Waals surface area (Å²) in [6.45, 7) is 4.22. The van der Waals surface area contributed by atoms with E-state index >= 15 is 0 Å². The number of phenols is 1. The number of rotatable bonds is 4. The van der Waals surface area contributed by atoms with Gasteiger partial charge in [-0.3, -0.25) is 4.79 Å². The summed E-state index contributed by atoms with van der Waals surface area (Å²) in [6, 6.07) is 7.00. The highest BCUT2D eigenvalue weighted by Gasteiger charge is 2.35. The fourth-order valence-electron chi connectivity index (χ4n) is 3.03. The number of phenolic OH excluding ortho intramolecular Hbond substituents is 1. The van der Waals surface area contributed by atoms with Gasteiger partial charge in [0.15, 0.2) is 0 Å². The first-order valence-electron chi connectivity index (χ1n) is 7.38. The molecular weight excluding hydrogens is 252 g/mol. The van der Waals surface area contributed by atoms with E-state index in [-0.39, 0.29) is 11.7 Å². The molecule has 0 saturated carbocycles. The maximum atomic E-state index is 12.5. The van der Waals surface area contributed by atoms with E-state index in [9.17, 15) is 9.90 Å². The van der Waals surface area contributed by atoms with Crippen molar-refractivity contribution in [1.82, 2.24) is 4.90 Å². The Morgan fingerprint density at radius 2 is 2.05 bits per heavy atom. The molecule has 1 aromatic carbocycles. The number of amides is 1. The molecule has 1 amide bonds. The number of hydrogen-bond donors (Lipinski definition) is 2. The van der Waals surface area contributed by atoms with Crippen LogP contribution in [0.2, 0.25) is 0 Å². The van der Waals surface area contributed by atoms with Crippen LogP contribution in [-0.2, 0) is 11.2 Å². The van der Waals surface area contributed by atoms with E-state index in [1.807, 2.05) is 17.0 Å². The molecule has 0 radical (unpaired) electrons. The van der Waals surface area contributed by atoms with Gasteiger partial charge < -0.3 is 15.7 Å². The van der Waals surface area contributed by atoms with E-state index in [0.29, 0.717) is 18.5 Å². The Balaban J connectivity index is 2.02. The van der Waals surface area contributed by atoms with Gasteiger partial charge in [-0.1, -0.05) is 19.1 Å². The van der Waals surface area contributed by atoms with Gasteiger partial charge in [0.2, 0.25) is 5.91 Å². The molecule has 2 unspecified atom stereocenters. The molecule has 1 fully saturated rings. The molecule has 110 valence electrons. The van der Waals surface area contributed by atoms with Crippen molar-refractivity contribution < 1.29 is 9.90 Å². The maximum Gasteiger partial charge on any atom is 0.240 e. The number of hydrogen-bond acceptors (Lipinski definition) is 3. The summed E-state index contributed by atoms with van der Waals surface area (Å²) in [7, 11) is 0. The Morgan fingerprint density at radius 1 is 1.40 bits per heavy atom. The van der Waals surface area contributed by atoms with Crippen LogP contribution in [-0.4, -0.2) is 34.0 Å². The Bertz CT molecular complexity index is 458. The molecule has 1 aliphatic rings. The first kappa shape index (κ1) is 14.9. The van der Waals surface area contributed by atoms with Crippen molar-refractivity contribution in [1.29, 1.82) is 0 Å². The van der Waals surface area contributed by atoms with Gasteiger partial charge in [-0.2, -0.15) is 0 Å². The zero-order valence-electron chi connectivity index (χ0n) is 12.2. The molecule has 4 heteroatoms. The Kier molecular flexibility index (Phi) is 4.65. The highest BCUT2D eigenvalue weighted by atomic mass is 16.3. The van der Waals surface area contributed by atoms with Gasteiger partial charge in [0.1, 0.15) is 5.75 Å². The molecule has 1 aromatic rings. The monoisotopic (exact) mass is 276 g/mol. The van der Waals surface area contributed by atoms with Gasteiger partial charge in [0.05, 0.1) is 6.04 Å². The fraction of sp³-hybridized carbons (Fsp3) is 0.562. The third-order valence-electron chi connectivity index (χ3n) is 4.22. The number of nitrogens with zero attached hydrogens (tertiary/aromatic N) is 1. The maximum absolute atomic E-state index is 12.5. The molecule has 1 aliphatic heterocycles. The number of carbonyl (C=O) groups is 1. The summed E-state index contributed by atoms with van der Waals surface area (Å²) < 4.78 is 0. The van der Waals surface area contributed by atoms with Crippen molar-refractivity contribution in [2.45, 2.75) is 57.7 Å². The summed E-state index contributed by atoms with van der Waals surface area (Å²) in [5.74, 6) is 0.280. The van der Waals surface area contributed by atoms with Crippen LogP contribution in [0.25, 0.3) is 0 Å².